The fourth-order valence-electron chi connectivity index (χ4n) is 3.41. The number of esters is 1. The largest absolute Gasteiger partial charge is 0.463 e. The maximum Gasteiger partial charge on any atom is 0.330 e. The highest BCUT2D eigenvalue weighted by Gasteiger charge is 2.41. The van der Waals surface area contributed by atoms with Gasteiger partial charge < -0.3 is 9.84 Å². The minimum Gasteiger partial charge on any atom is -0.463 e. The molecule has 1 heterocycles. The van der Waals surface area contributed by atoms with E-state index in [1.54, 1.807) is 25.1 Å². The summed E-state index contributed by atoms with van der Waals surface area (Å²) in [5.41, 5.74) is 0.857. The fraction of sp³-hybridized carbons (Fsp3) is 0.500. The van der Waals surface area contributed by atoms with E-state index >= 15 is 0 Å². The molecule has 0 aromatic heterocycles. The second-order valence-corrected chi connectivity index (χ2v) is 6.85. The van der Waals surface area contributed by atoms with Crippen molar-refractivity contribution < 1.29 is 23.8 Å². The van der Waals surface area contributed by atoms with Crippen LogP contribution in [-0.2, 0) is 14.3 Å². The lowest BCUT2D eigenvalue weighted by Crippen LogP contribution is -2.44. The number of carbonyl (C=O) groups excluding carboxylic acids is 2. The highest BCUT2D eigenvalue weighted by atomic mass is 19.1. The van der Waals surface area contributed by atoms with Crippen molar-refractivity contribution in [2.24, 2.45) is 5.92 Å². The Morgan fingerprint density at radius 2 is 2.08 bits per heavy atom. The van der Waals surface area contributed by atoms with Crippen LogP contribution in [0.15, 0.2) is 35.9 Å². The maximum absolute atomic E-state index is 14.4. The fourth-order valence-corrected chi connectivity index (χ4v) is 3.41. The molecule has 1 aromatic carbocycles. The number of nitrogens with zero attached hydrogens (tertiary/aromatic N) is 1. The molecular weight excluding hydrogens is 337 g/mol. The number of aliphatic hydroxyl groups excluding tert-OH is 1. The Labute approximate surface area is 152 Å². The van der Waals surface area contributed by atoms with Crippen molar-refractivity contribution in [3.8, 4) is 0 Å². The Balaban J connectivity index is 1.88. The van der Waals surface area contributed by atoms with Crippen LogP contribution >= 0.6 is 0 Å². The van der Waals surface area contributed by atoms with Crippen molar-refractivity contribution in [2.45, 2.75) is 38.3 Å². The number of piperidine rings is 1. The average molecular weight is 361 g/mol. The molecule has 1 aliphatic heterocycles. The number of hydrogen-bond acceptors (Lipinski definition) is 5. The lowest BCUT2D eigenvalue weighted by Gasteiger charge is -2.37. The van der Waals surface area contributed by atoms with Gasteiger partial charge in [0.25, 0.3) is 0 Å². The predicted molar refractivity (Wildman–Crippen MR) is 93.8 cm³/mol. The first-order valence-corrected chi connectivity index (χ1v) is 9.08. The summed E-state index contributed by atoms with van der Waals surface area (Å²) >= 11 is 0. The molecule has 0 bridgehead atoms. The Morgan fingerprint density at radius 1 is 1.35 bits per heavy atom. The van der Waals surface area contributed by atoms with Crippen LogP contribution in [0.3, 0.4) is 0 Å². The van der Waals surface area contributed by atoms with Crippen LogP contribution < -0.4 is 0 Å². The van der Waals surface area contributed by atoms with E-state index in [0.29, 0.717) is 24.1 Å². The summed E-state index contributed by atoms with van der Waals surface area (Å²) < 4.78 is 19.3. The number of likely N-dealkylation sites (tertiary alicyclic amines) is 1. The third-order valence-electron chi connectivity index (χ3n) is 4.91. The van der Waals surface area contributed by atoms with E-state index in [1.807, 2.05) is 4.90 Å². The van der Waals surface area contributed by atoms with Crippen LogP contribution in [0.2, 0.25) is 0 Å². The van der Waals surface area contributed by atoms with Crippen molar-refractivity contribution in [1.82, 2.24) is 4.90 Å². The van der Waals surface area contributed by atoms with Gasteiger partial charge in [0, 0.05) is 30.6 Å². The Morgan fingerprint density at radius 3 is 2.73 bits per heavy atom. The normalized spacial score (nSPS) is 23.7. The Hall–Kier alpha value is -2.05. The number of aliphatic hydroxyl groups is 1. The lowest BCUT2D eigenvalue weighted by atomic mass is 9.93. The van der Waals surface area contributed by atoms with Crippen molar-refractivity contribution in [1.29, 1.82) is 0 Å². The molecule has 6 heteroatoms. The minimum absolute atomic E-state index is 0.0157. The molecule has 5 nitrogen and oxygen atoms in total. The molecule has 0 spiro atoms. The molecule has 2 aliphatic rings. The second-order valence-electron chi connectivity index (χ2n) is 6.85. The Bertz CT molecular complexity index is 714. The number of ether oxygens (including phenoxy) is 1. The van der Waals surface area contributed by atoms with Crippen molar-refractivity contribution >= 4 is 11.8 Å². The van der Waals surface area contributed by atoms with Gasteiger partial charge in [-0.25, -0.2) is 9.18 Å². The van der Waals surface area contributed by atoms with Crippen LogP contribution in [0.25, 0.3) is 0 Å². The summed E-state index contributed by atoms with van der Waals surface area (Å²) in [6.45, 7) is 2.65. The number of benzene rings is 1. The van der Waals surface area contributed by atoms with Crippen LogP contribution in [0, 0.1) is 11.7 Å². The quantitative estimate of drug-likeness (QED) is 0.623. The molecule has 1 N–H and O–H groups in total. The van der Waals surface area contributed by atoms with Gasteiger partial charge in [0.2, 0.25) is 0 Å². The van der Waals surface area contributed by atoms with E-state index < -0.39 is 23.9 Å². The van der Waals surface area contributed by atoms with Gasteiger partial charge in [-0.15, -0.1) is 0 Å². The number of ketones is 1. The zero-order valence-corrected chi connectivity index (χ0v) is 14.9. The summed E-state index contributed by atoms with van der Waals surface area (Å²) in [6, 6.07) is 5.63. The molecule has 1 aliphatic carbocycles. The number of halogens is 1. The summed E-state index contributed by atoms with van der Waals surface area (Å²) in [4.78, 5) is 26.5. The van der Waals surface area contributed by atoms with Crippen molar-refractivity contribution in [3.63, 3.8) is 0 Å². The zero-order valence-electron chi connectivity index (χ0n) is 14.9. The third-order valence-corrected chi connectivity index (χ3v) is 4.91. The predicted octanol–water partition coefficient (Wildman–Crippen LogP) is 2.40. The molecule has 1 saturated carbocycles. The third kappa shape index (κ3) is 4.19. The second kappa shape index (κ2) is 8.10. The van der Waals surface area contributed by atoms with Gasteiger partial charge in [-0.1, -0.05) is 18.2 Å². The van der Waals surface area contributed by atoms with Gasteiger partial charge in [-0.3, -0.25) is 9.69 Å². The van der Waals surface area contributed by atoms with Gasteiger partial charge in [-0.05, 0) is 37.8 Å². The van der Waals surface area contributed by atoms with Gasteiger partial charge in [0.15, 0.2) is 5.78 Å². The molecule has 0 radical (unpaired) electrons. The van der Waals surface area contributed by atoms with Crippen LogP contribution in [0.4, 0.5) is 4.39 Å². The molecule has 2 fully saturated rings. The van der Waals surface area contributed by atoms with Gasteiger partial charge in [-0.2, -0.15) is 0 Å². The van der Waals surface area contributed by atoms with Crippen LogP contribution in [0.5, 0.6) is 0 Å². The highest BCUT2D eigenvalue weighted by molar-refractivity contribution is 5.89. The van der Waals surface area contributed by atoms with Crippen LogP contribution in [0.1, 0.15) is 37.8 Å². The van der Waals surface area contributed by atoms with Gasteiger partial charge in [0.05, 0.1) is 18.8 Å². The molecule has 2 unspecified atom stereocenters. The zero-order chi connectivity index (χ0) is 18.7. The van der Waals surface area contributed by atoms with Crippen molar-refractivity contribution in [2.75, 3.05) is 19.7 Å². The Kier molecular flexibility index (Phi) is 5.84. The number of hydrogen-bond donors (Lipinski definition) is 1. The number of rotatable bonds is 6. The maximum atomic E-state index is 14.4. The molecule has 1 aromatic rings. The number of carbonyl (C=O) groups is 2. The first-order valence-electron chi connectivity index (χ1n) is 9.08. The van der Waals surface area contributed by atoms with E-state index in [2.05, 4.69) is 0 Å². The highest BCUT2D eigenvalue weighted by Crippen LogP contribution is 2.39. The molecule has 140 valence electrons. The standard InChI is InChI=1S/C20H24FNO4/c1-2-26-18(24)11-14-12-22(10-9-17(14)23)19(20(25)13-7-8-13)15-5-3-4-6-16(15)21/h3-6,11,13,17,19,23H,2,7-10,12H2,1H3/b14-11+. The first kappa shape index (κ1) is 18.7. The molecule has 26 heavy (non-hydrogen) atoms. The average Bonchev–Trinajstić information content (AvgIpc) is 3.45. The molecule has 3 rings (SSSR count). The summed E-state index contributed by atoms with van der Waals surface area (Å²) in [7, 11) is 0. The van der Waals surface area contributed by atoms with Crippen molar-refractivity contribution in [3.05, 3.63) is 47.3 Å². The van der Waals surface area contributed by atoms with E-state index in [4.69, 9.17) is 4.74 Å². The molecule has 1 saturated heterocycles. The first-order chi connectivity index (χ1) is 12.5. The number of Topliss-reactive ketones (excluding diaryl/α,β-unsaturated/α-hetero) is 1. The topological polar surface area (TPSA) is 66.8 Å². The van der Waals surface area contributed by atoms with E-state index in [1.165, 1.54) is 12.1 Å². The molecular formula is C20H24FNO4. The van der Waals surface area contributed by atoms with Gasteiger partial charge >= 0.3 is 5.97 Å². The van der Waals surface area contributed by atoms with E-state index in [9.17, 15) is 19.1 Å². The smallest absolute Gasteiger partial charge is 0.330 e. The summed E-state index contributed by atoms with van der Waals surface area (Å²) in [6.07, 6.45) is 2.60. The molecule has 2 atom stereocenters. The molecule has 0 amide bonds. The minimum atomic E-state index is -0.757. The summed E-state index contributed by atoms with van der Waals surface area (Å²) in [5, 5.41) is 10.2. The van der Waals surface area contributed by atoms with Crippen LogP contribution in [-0.4, -0.2) is 47.6 Å². The SMILES string of the molecule is CCOC(=O)/C=C1\CN(C(C(=O)C2CC2)c2ccccc2F)CCC1O. The lowest BCUT2D eigenvalue weighted by molar-refractivity contribution is -0.137. The van der Waals surface area contributed by atoms with Gasteiger partial charge in [0.1, 0.15) is 5.82 Å². The monoisotopic (exact) mass is 361 g/mol. The summed E-state index contributed by atoms with van der Waals surface area (Å²) in [5.74, 6) is -0.932. The van der Waals surface area contributed by atoms with E-state index in [0.717, 1.165) is 12.8 Å². The van der Waals surface area contributed by atoms with E-state index in [-0.39, 0.29) is 24.9 Å².